The van der Waals surface area contributed by atoms with E-state index in [0.29, 0.717) is 12.8 Å². The third-order valence-electron chi connectivity index (χ3n) is 10.7. The summed E-state index contributed by atoms with van der Waals surface area (Å²) in [5.74, 6) is -0.992. The van der Waals surface area contributed by atoms with E-state index in [1.54, 1.807) is 0 Å². The standard InChI is InChI=1S/C48H80O15/c1-3-5-7-9-11-13-15-17-18-19-21-23-25-27-29-31-40(51)61-36(33-58-39(50)30-28-26-24-22-20-16-14-12-10-8-6-4-2)34-59-47-46(57)44(55)42(53)38(63-47)35-60-48-45(56)43(54)41(52)37(32-49)62-48/h5,7,11-14,17-18,21,23,36-38,41-49,52-57H,3-4,6,8-10,15-16,19-20,22,24-35H2,1-2H3/b7-5-,13-11-,14-12-,18-17-,23-21-. The van der Waals surface area contributed by atoms with E-state index in [0.717, 1.165) is 77.0 Å². The average Bonchev–Trinajstić information content (AvgIpc) is 3.28. The van der Waals surface area contributed by atoms with Crippen LogP contribution in [0.5, 0.6) is 0 Å². The van der Waals surface area contributed by atoms with Crippen molar-refractivity contribution in [3.05, 3.63) is 60.8 Å². The lowest BCUT2D eigenvalue weighted by Crippen LogP contribution is -2.61. The van der Waals surface area contributed by atoms with Gasteiger partial charge in [0.25, 0.3) is 0 Å². The number of hydrogen-bond acceptors (Lipinski definition) is 15. The molecule has 0 amide bonds. The van der Waals surface area contributed by atoms with Gasteiger partial charge in [-0.05, 0) is 77.0 Å². The summed E-state index contributed by atoms with van der Waals surface area (Å²) in [6.45, 7) is 2.36. The van der Waals surface area contributed by atoms with E-state index in [2.05, 4.69) is 74.6 Å². The minimum absolute atomic E-state index is 0.109. The van der Waals surface area contributed by atoms with Crippen LogP contribution in [0.3, 0.4) is 0 Å². The first-order chi connectivity index (χ1) is 30.5. The van der Waals surface area contributed by atoms with Gasteiger partial charge in [0.05, 0.1) is 19.8 Å². The summed E-state index contributed by atoms with van der Waals surface area (Å²) in [5, 5.41) is 71.9. The van der Waals surface area contributed by atoms with Crippen molar-refractivity contribution in [2.24, 2.45) is 0 Å². The highest BCUT2D eigenvalue weighted by molar-refractivity contribution is 5.70. The topological polar surface area (TPSA) is 231 Å². The van der Waals surface area contributed by atoms with E-state index < -0.39 is 99.3 Å². The van der Waals surface area contributed by atoms with Crippen LogP contribution in [0.2, 0.25) is 0 Å². The van der Waals surface area contributed by atoms with Crippen LogP contribution in [-0.2, 0) is 38.0 Å². The van der Waals surface area contributed by atoms with Crippen molar-refractivity contribution < 1.29 is 73.8 Å². The Morgan fingerprint density at radius 1 is 0.524 bits per heavy atom. The van der Waals surface area contributed by atoms with Crippen LogP contribution < -0.4 is 0 Å². The lowest BCUT2D eigenvalue weighted by Gasteiger charge is -2.42. The fraction of sp³-hybridized carbons (Fsp3) is 0.750. The van der Waals surface area contributed by atoms with E-state index in [4.69, 9.17) is 28.4 Å². The van der Waals surface area contributed by atoms with Gasteiger partial charge in [0.15, 0.2) is 18.7 Å². The minimum atomic E-state index is -1.77. The van der Waals surface area contributed by atoms with E-state index in [1.807, 2.05) is 0 Å². The molecular formula is C48H80O15. The maximum absolute atomic E-state index is 12.9. The van der Waals surface area contributed by atoms with Crippen LogP contribution in [0.4, 0.5) is 0 Å². The number of carbonyl (C=O) groups excluding carboxylic acids is 2. The van der Waals surface area contributed by atoms with E-state index >= 15 is 0 Å². The van der Waals surface area contributed by atoms with Gasteiger partial charge in [0, 0.05) is 12.8 Å². The normalized spacial score (nSPS) is 27.4. The molecule has 0 saturated carbocycles. The summed E-state index contributed by atoms with van der Waals surface area (Å²) < 4.78 is 33.4. The predicted molar refractivity (Wildman–Crippen MR) is 238 cm³/mol. The molecule has 362 valence electrons. The predicted octanol–water partition coefficient (Wildman–Crippen LogP) is 5.31. The Morgan fingerprint density at radius 3 is 1.62 bits per heavy atom. The second kappa shape index (κ2) is 35.5. The molecule has 0 bridgehead atoms. The molecule has 2 aliphatic rings. The Morgan fingerprint density at radius 2 is 1.00 bits per heavy atom. The molecule has 0 aliphatic carbocycles. The van der Waals surface area contributed by atoms with Gasteiger partial charge in [-0.2, -0.15) is 0 Å². The maximum Gasteiger partial charge on any atom is 0.306 e. The zero-order chi connectivity index (χ0) is 46.1. The summed E-state index contributed by atoms with van der Waals surface area (Å²) in [4.78, 5) is 25.6. The van der Waals surface area contributed by atoms with Gasteiger partial charge in [0.2, 0.25) is 0 Å². The number of ether oxygens (including phenoxy) is 6. The molecule has 2 fully saturated rings. The summed E-state index contributed by atoms with van der Waals surface area (Å²) in [6, 6.07) is 0. The highest BCUT2D eigenvalue weighted by Gasteiger charge is 2.47. The lowest BCUT2D eigenvalue weighted by atomic mass is 9.98. The van der Waals surface area contributed by atoms with Crippen LogP contribution in [0.15, 0.2) is 60.8 Å². The molecule has 2 saturated heterocycles. The molecule has 0 aromatic rings. The zero-order valence-electron chi connectivity index (χ0n) is 37.8. The maximum atomic E-state index is 12.9. The van der Waals surface area contributed by atoms with Gasteiger partial charge >= 0.3 is 11.9 Å². The molecule has 11 unspecified atom stereocenters. The molecule has 0 spiro atoms. The number of aliphatic hydroxyl groups is 7. The Labute approximate surface area is 375 Å². The van der Waals surface area contributed by atoms with Crippen molar-refractivity contribution >= 4 is 11.9 Å². The molecule has 63 heavy (non-hydrogen) atoms. The molecule has 2 heterocycles. The highest BCUT2D eigenvalue weighted by Crippen LogP contribution is 2.26. The van der Waals surface area contributed by atoms with Gasteiger partial charge in [-0.1, -0.05) is 107 Å². The van der Waals surface area contributed by atoms with Crippen molar-refractivity contribution in [1.29, 1.82) is 0 Å². The van der Waals surface area contributed by atoms with Crippen molar-refractivity contribution in [1.82, 2.24) is 0 Å². The van der Waals surface area contributed by atoms with Gasteiger partial charge < -0.3 is 64.2 Å². The fourth-order valence-electron chi connectivity index (χ4n) is 6.85. The fourth-order valence-corrected chi connectivity index (χ4v) is 6.85. The van der Waals surface area contributed by atoms with E-state index in [9.17, 15) is 45.3 Å². The van der Waals surface area contributed by atoms with E-state index in [-0.39, 0.29) is 19.4 Å². The number of hydrogen-bond donors (Lipinski definition) is 7. The molecule has 0 radical (unpaired) electrons. The lowest BCUT2D eigenvalue weighted by molar-refractivity contribution is -0.332. The average molecular weight is 897 g/mol. The van der Waals surface area contributed by atoms with Crippen LogP contribution in [-0.4, -0.2) is 142 Å². The van der Waals surface area contributed by atoms with Crippen molar-refractivity contribution in [3.63, 3.8) is 0 Å². The number of rotatable bonds is 34. The summed E-state index contributed by atoms with van der Waals surface area (Å²) in [5.41, 5.74) is 0. The largest absolute Gasteiger partial charge is 0.462 e. The Bertz CT molecular complexity index is 1330. The highest BCUT2D eigenvalue weighted by atomic mass is 16.7. The molecule has 7 N–H and O–H groups in total. The Hall–Kier alpha value is -2.80. The molecule has 0 aromatic heterocycles. The molecule has 0 aromatic carbocycles. The molecule has 2 aliphatic heterocycles. The van der Waals surface area contributed by atoms with Crippen molar-refractivity contribution in [3.8, 4) is 0 Å². The number of aliphatic hydroxyl groups excluding tert-OH is 7. The third-order valence-corrected chi connectivity index (χ3v) is 10.7. The Balaban J connectivity index is 1.88. The molecular weight excluding hydrogens is 817 g/mol. The molecule has 11 atom stereocenters. The van der Waals surface area contributed by atoms with Gasteiger partial charge in [0.1, 0.15) is 55.4 Å². The number of esters is 2. The first-order valence-corrected chi connectivity index (χ1v) is 23.4. The first kappa shape index (κ1) is 56.3. The molecule has 15 nitrogen and oxygen atoms in total. The smallest absolute Gasteiger partial charge is 0.306 e. The second-order valence-corrected chi connectivity index (χ2v) is 16.2. The van der Waals surface area contributed by atoms with E-state index in [1.165, 1.54) is 19.3 Å². The zero-order valence-corrected chi connectivity index (χ0v) is 37.8. The minimum Gasteiger partial charge on any atom is -0.462 e. The second-order valence-electron chi connectivity index (χ2n) is 16.2. The number of carbonyl (C=O) groups is 2. The quantitative estimate of drug-likeness (QED) is 0.0246. The first-order valence-electron chi connectivity index (χ1n) is 23.4. The van der Waals surface area contributed by atoms with Crippen LogP contribution >= 0.6 is 0 Å². The summed E-state index contributed by atoms with van der Waals surface area (Å²) in [6.07, 6.45) is 21.2. The SMILES string of the molecule is CC/C=C\C/C=C\C/C=C\C/C=C\CCCCC(=O)OC(COC(=O)CCCCCCC/C=C\CCCCC)COC1OC(COC2OC(CO)C(O)C(O)C2O)C(O)C(O)C1O. The molecule has 2 rings (SSSR count). The third kappa shape index (κ3) is 24.3. The van der Waals surface area contributed by atoms with Crippen LogP contribution in [0.1, 0.15) is 136 Å². The number of allylic oxidation sites excluding steroid dienone is 10. The van der Waals surface area contributed by atoms with Crippen LogP contribution in [0.25, 0.3) is 0 Å². The van der Waals surface area contributed by atoms with Gasteiger partial charge in [-0.25, -0.2) is 0 Å². The summed E-state index contributed by atoms with van der Waals surface area (Å²) >= 11 is 0. The Kier molecular flexibility index (Phi) is 31.7. The summed E-state index contributed by atoms with van der Waals surface area (Å²) in [7, 11) is 0. The van der Waals surface area contributed by atoms with Crippen LogP contribution in [0, 0.1) is 0 Å². The molecule has 15 heteroatoms. The van der Waals surface area contributed by atoms with Crippen molar-refractivity contribution in [2.75, 3.05) is 26.4 Å². The number of unbranched alkanes of at least 4 members (excludes halogenated alkanes) is 10. The monoisotopic (exact) mass is 897 g/mol. The van der Waals surface area contributed by atoms with Gasteiger partial charge in [-0.15, -0.1) is 0 Å². The van der Waals surface area contributed by atoms with Crippen molar-refractivity contribution in [2.45, 2.75) is 203 Å². The van der Waals surface area contributed by atoms with Gasteiger partial charge in [-0.3, -0.25) is 9.59 Å².